The minimum Gasteiger partial charge on any atom is -0.461 e. The highest BCUT2D eigenvalue weighted by Crippen LogP contribution is 2.55. The van der Waals surface area contributed by atoms with Crippen molar-refractivity contribution < 1.29 is 13.6 Å². The van der Waals surface area contributed by atoms with Crippen molar-refractivity contribution in [3.63, 3.8) is 0 Å². The van der Waals surface area contributed by atoms with Gasteiger partial charge in [0.15, 0.2) is 0 Å². The number of aliphatic imine (C=N–C) groups is 1. The van der Waals surface area contributed by atoms with E-state index >= 15 is 0 Å². The molecule has 1 fully saturated rings. The van der Waals surface area contributed by atoms with Gasteiger partial charge in [0.2, 0.25) is 6.08 Å². The zero-order valence-corrected chi connectivity index (χ0v) is 13.2. The number of aryl methyl sites for hydroxylation is 2. The highest BCUT2D eigenvalue weighted by molar-refractivity contribution is 9.10. The first-order valence-corrected chi connectivity index (χ1v) is 7.56. The van der Waals surface area contributed by atoms with Crippen molar-refractivity contribution in [3.8, 4) is 0 Å². The number of isocyanates is 1. The Kier molecular flexibility index (Phi) is 2.51. The zero-order chi connectivity index (χ0) is 14.8. The molecule has 0 amide bonds. The van der Waals surface area contributed by atoms with Crippen molar-refractivity contribution in [2.24, 2.45) is 4.99 Å². The summed E-state index contributed by atoms with van der Waals surface area (Å²) in [4.78, 5) is 14.9. The first-order chi connectivity index (χ1) is 10.1. The van der Waals surface area contributed by atoms with Gasteiger partial charge in [-0.25, -0.2) is 4.79 Å². The Bertz CT molecular complexity index is 882. The number of halogens is 1. The Morgan fingerprint density at radius 2 is 1.76 bits per heavy atom. The van der Waals surface area contributed by atoms with Crippen LogP contribution in [0, 0.1) is 13.8 Å². The summed E-state index contributed by atoms with van der Waals surface area (Å²) < 4.78 is 12.6. The molecule has 21 heavy (non-hydrogen) atoms. The van der Waals surface area contributed by atoms with Crippen LogP contribution in [0.15, 0.2) is 30.4 Å². The molecule has 2 aromatic heterocycles. The van der Waals surface area contributed by atoms with Crippen LogP contribution in [0.3, 0.4) is 0 Å². The van der Waals surface area contributed by atoms with Gasteiger partial charge >= 0.3 is 0 Å². The van der Waals surface area contributed by atoms with Gasteiger partial charge in [0.25, 0.3) is 0 Å². The van der Waals surface area contributed by atoms with Crippen LogP contribution in [-0.2, 0) is 10.3 Å². The van der Waals surface area contributed by atoms with E-state index in [1.54, 1.807) is 6.08 Å². The molecule has 0 bridgehead atoms. The van der Waals surface area contributed by atoms with E-state index in [0.29, 0.717) is 0 Å². The summed E-state index contributed by atoms with van der Waals surface area (Å²) in [5, 5.41) is 1.91. The van der Waals surface area contributed by atoms with E-state index in [4.69, 9.17) is 8.83 Å². The lowest BCUT2D eigenvalue weighted by molar-refractivity contribution is 0.551. The Balaban J connectivity index is 2.24. The molecule has 5 heteroatoms. The highest BCUT2D eigenvalue weighted by atomic mass is 79.9. The predicted octanol–water partition coefficient (Wildman–Crippen LogP) is 4.88. The van der Waals surface area contributed by atoms with Crippen LogP contribution in [0.1, 0.15) is 29.9 Å². The van der Waals surface area contributed by atoms with Crippen molar-refractivity contribution in [1.82, 2.24) is 0 Å². The lowest BCUT2D eigenvalue weighted by atomic mass is 9.98. The number of benzene rings is 1. The van der Waals surface area contributed by atoms with E-state index in [1.165, 1.54) is 0 Å². The molecule has 0 spiro atoms. The van der Waals surface area contributed by atoms with Gasteiger partial charge in [-0.1, -0.05) is 0 Å². The van der Waals surface area contributed by atoms with E-state index in [2.05, 4.69) is 20.9 Å². The maximum absolute atomic E-state index is 10.8. The first-order valence-electron chi connectivity index (χ1n) is 6.77. The number of nitrogens with zero attached hydrogens (tertiary/aromatic N) is 1. The normalized spacial score (nSPS) is 16.3. The molecule has 3 aromatic rings. The van der Waals surface area contributed by atoms with Gasteiger partial charge in [0.05, 0.1) is 4.47 Å². The van der Waals surface area contributed by atoms with E-state index in [0.717, 1.165) is 56.3 Å². The fourth-order valence-electron chi connectivity index (χ4n) is 3.06. The molecule has 1 saturated carbocycles. The van der Waals surface area contributed by atoms with Crippen LogP contribution >= 0.6 is 15.9 Å². The van der Waals surface area contributed by atoms with Gasteiger partial charge in [-0.05, 0) is 54.8 Å². The molecule has 4 nitrogen and oxygen atoms in total. The molecular formula is C16H12BrNO3. The minimum absolute atomic E-state index is 0.500. The van der Waals surface area contributed by atoms with Crippen molar-refractivity contribution in [3.05, 3.63) is 33.7 Å². The maximum Gasteiger partial charge on any atom is 0.235 e. The second kappa shape index (κ2) is 4.09. The predicted molar refractivity (Wildman–Crippen MR) is 82.2 cm³/mol. The average molecular weight is 346 g/mol. The molecule has 0 aliphatic heterocycles. The topological polar surface area (TPSA) is 55.7 Å². The quantitative estimate of drug-likeness (QED) is 0.491. The van der Waals surface area contributed by atoms with Crippen LogP contribution in [0.2, 0.25) is 0 Å². The van der Waals surface area contributed by atoms with E-state index in [9.17, 15) is 4.79 Å². The van der Waals surface area contributed by atoms with Crippen molar-refractivity contribution in [2.45, 2.75) is 32.2 Å². The van der Waals surface area contributed by atoms with Gasteiger partial charge in [-0.15, -0.1) is 0 Å². The average Bonchev–Trinajstić information content (AvgIpc) is 2.92. The lowest BCUT2D eigenvalue weighted by Gasteiger charge is -2.11. The maximum atomic E-state index is 10.8. The van der Waals surface area contributed by atoms with Crippen molar-refractivity contribution in [1.29, 1.82) is 0 Å². The molecule has 0 N–H and O–H groups in total. The number of fused-ring (bicyclic) bond motifs is 2. The van der Waals surface area contributed by atoms with Crippen LogP contribution < -0.4 is 0 Å². The fraction of sp³-hybridized carbons (Fsp3) is 0.312. The molecular weight excluding hydrogens is 334 g/mol. The van der Waals surface area contributed by atoms with E-state index < -0.39 is 5.54 Å². The van der Waals surface area contributed by atoms with Gasteiger partial charge in [0.1, 0.15) is 28.2 Å². The highest BCUT2D eigenvalue weighted by Gasteiger charge is 2.48. The molecule has 106 valence electrons. The second-order valence-electron chi connectivity index (χ2n) is 5.62. The number of rotatable bonds is 2. The smallest absolute Gasteiger partial charge is 0.235 e. The molecule has 0 saturated heterocycles. The number of hydrogen-bond acceptors (Lipinski definition) is 4. The summed E-state index contributed by atoms with van der Waals surface area (Å²) in [6.07, 6.45) is 3.38. The number of hydrogen-bond donors (Lipinski definition) is 0. The van der Waals surface area contributed by atoms with Crippen LogP contribution in [0.4, 0.5) is 0 Å². The van der Waals surface area contributed by atoms with Gasteiger partial charge in [-0.2, -0.15) is 4.99 Å². The Morgan fingerprint density at radius 1 is 1.14 bits per heavy atom. The van der Waals surface area contributed by atoms with Crippen LogP contribution in [-0.4, -0.2) is 6.08 Å². The Morgan fingerprint density at radius 3 is 2.38 bits per heavy atom. The molecule has 1 aliphatic carbocycles. The molecule has 0 atom stereocenters. The van der Waals surface area contributed by atoms with Crippen molar-refractivity contribution >= 4 is 43.9 Å². The molecule has 0 radical (unpaired) electrons. The summed E-state index contributed by atoms with van der Waals surface area (Å²) in [5.41, 5.74) is 2.01. The number of furan rings is 2. The Labute approximate surface area is 128 Å². The van der Waals surface area contributed by atoms with E-state index in [1.807, 2.05) is 26.0 Å². The standard InChI is InChI=1S/C16H12BrNO3/c1-8-5-10-12(16(3-4-16)18-7-19)14-11(6-9(2)20-14)13(17)15(10)21-8/h5-6H,3-4H2,1-2H3. The largest absolute Gasteiger partial charge is 0.461 e. The van der Waals surface area contributed by atoms with Crippen LogP contribution in [0.5, 0.6) is 0 Å². The number of carbonyl (C=O) groups excluding carboxylic acids is 1. The third kappa shape index (κ3) is 1.68. The molecule has 1 aromatic carbocycles. The fourth-order valence-corrected chi connectivity index (χ4v) is 3.65. The summed E-state index contributed by atoms with van der Waals surface area (Å²) >= 11 is 3.61. The third-order valence-corrected chi connectivity index (χ3v) is 4.88. The Hall–Kier alpha value is -1.84. The molecule has 4 rings (SSSR count). The molecule has 1 aliphatic rings. The van der Waals surface area contributed by atoms with Gasteiger partial charge in [0, 0.05) is 16.3 Å². The SMILES string of the molecule is Cc1cc2c(C3(N=C=O)CC3)c3oc(C)cc3c(Br)c2o1. The summed E-state index contributed by atoms with van der Waals surface area (Å²) in [6, 6.07) is 3.95. The lowest BCUT2D eigenvalue weighted by Crippen LogP contribution is -2.03. The summed E-state index contributed by atoms with van der Waals surface area (Å²) in [6.45, 7) is 3.82. The molecule has 2 heterocycles. The molecule has 0 unspecified atom stereocenters. The minimum atomic E-state index is -0.500. The van der Waals surface area contributed by atoms with E-state index in [-0.39, 0.29) is 0 Å². The monoisotopic (exact) mass is 345 g/mol. The van der Waals surface area contributed by atoms with Crippen LogP contribution in [0.25, 0.3) is 21.9 Å². The first kappa shape index (κ1) is 12.9. The zero-order valence-electron chi connectivity index (χ0n) is 11.6. The third-order valence-electron chi connectivity index (χ3n) is 4.09. The summed E-state index contributed by atoms with van der Waals surface area (Å²) in [7, 11) is 0. The van der Waals surface area contributed by atoms with Gasteiger partial charge < -0.3 is 8.83 Å². The summed E-state index contributed by atoms with van der Waals surface area (Å²) in [5.74, 6) is 1.64. The van der Waals surface area contributed by atoms with Gasteiger partial charge in [-0.3, -0.25) is 0 Å². The van der Waals surface area contributed by atoms with Crippen molar-refractivity contribution in [2.75, 3.05) is 0 Å². The second-order valence-corrected chi connectivity index (χ2v) is 6.42.